The third-order valence-electron chi connectivity index (χ3n) is 2.75. The number of hydrogen-bond acceptors (Lipinski definition) is 4. The van der Waals surface area contributed by atoms with Crippen LogP contribution < -0.4 is 11.1 Å². The van der Waals surface area contributed by atoms with Crippen LogP contribution in [0.4, 0.5) is 11.4 Å². The van der Waals surface area contributed by atoms with Crippen LogP contribution in [-0.4, -0.2) is 42.6 Å². The summed E-state index contributed by atoms with van der Waals surface area (Å²) < 4.78 is 0. The maximum Gasteiger partial charge on any atom is 0.0361 e. The fraction of sp³-hybridized carbons (Fsp3) is 0.500. The second-order valence-electron chi connectivity index (χ2n) is 4.01. The van der Waals surface area contributed by atoms with Crippen LogP contribution in [0, 0.1) is 0 Å². The van der Waals surface area contributed by atoms with Gasteiger partial charge in [-0.3, -0.25) is 4.90 Å². The first-order valence-corrected chi connectivity index (χ1v) is 6.89. The van der Waals surface area contributed by atoms with E-state index in [1.807, 2.05) is 18.2 Å². The molecule has 1 aliphatic rings. The third-order valence-corrected chi connectivity index (χ3v) is 3.69. The first-order valence-electron chi connectivity index (χ1n) is 5.74. The van der Waals surface area contributed by atoms with E-state index in [4.69, 9.17) is 5.73 Å². The highest BCUT2D eigenvalue weighted by atomic mass is 32.2. The van der Waals surface area contributed by atoms with Crippen molar-refractivity contribution in [2.24, 2.45) is 0 Å². The topological polar surface area (TPSA) is 41.3 Å². The molecule has 0 saturated carbocycles. The molecule has 2 rings (SSSR count). The molecule has 0 amide bonds. The number of thioether (sulfide) groups is 1. The van der Waals surface area contributed by atoms with Crippen molar-refractivity contribution in [1.29, 1.82) is 0 Å². The average Bonchev–Trinajstić information content (AvgIpc) is 2.30. The van der Waals surface area contributed by atoms with Gasteiger partial charge in [0, 0.05) is 49.1 Å². The Hall–Kier alpha value is -0.870. The number of nitrogens with one attached hydrogen (secondary N) is 1. The normalized spacial score (nSPS) is 17.2. The van der Waals surface area contributed by atoms with Gasteiger partial charge in [0.25, 0.3) is 0 Å². The van der Waals surface area contributed by atoms with Gasteiger partial charge in [-0.15, -0.1) is 0 Å². The molecule has 3 N–H and O–H groups in total. The molecular formula is C12H19N3S. The molecular weight excluding hydrogens is 218 g/mol. The van der Waals surface area contributed by atoms with Gasteiger partial charge in [0.05, 0.1) is 0 Å². The van der Waals surface area contributed by atoms with Gasteiger partial charge in [-0.25, -0.2) is 0 Å². The van der Waals surface area contributed by atoms with E-state index in [9.17, 15) is 0 Å². The lowest BCUT2D eigenvalue weighted by molar-refractivity contribution is 0.314. The van der Waals surface area contributed by atoms with E-state index >= 15 is 0 Å². The molecule has 0 atom stereocenters. The minimum absolute atomic E-state index is 0.819. The van der Waals surface area contributed by atoms with Crippen LogP contribution >= 0.6 is 11.8 Å². The molecule has 4 heteroatoms. The van der Waals surface area contributed by atoms with Gasteiger partial charge < -0.3 is 11.1 Å². The minimum atomic E-state index is 0.819. The average molecular weight is 237 g/mol. The molecule has 3 nitrogen and oxygen atoms in total. The van der Waals surface area contributed by atoms with Crippen molar-refractivity contribution in [3.05, 3.63) is 24.3 Å². The fourth-order valence-electron chi connectivity index (χ4n) is 1.83. The molecule has 0 unspecified atom stereocenters. The quantitative estimate of drug-likeness (QED) is 0.783. The van der Waals surface area contributed by atoms with Crippen molar-refractivity contribution < 1.29 is 0 Å². The monoisotopic (exact) mass is 237 g/mol. The van der Waals surface area contributed by atoms with Crippen molar-refractivity contribution >= 4 is 23.1 Å². The smallest absolute Gasteiger partial charge is 0.0361 e. The first kappa shape index (κ1) is 11.6. The maximum atomic E-state index is 5.72. The van der Waals surface area contributed by atoms with Crippen molar-refractivity contribution in [1.82, 2.24) is 4.90 Å². The van der Waals surface area contributed by atoms with Gasteiger partial charge in [-0.2, -0.15) is 11.8 Å². The zero-order chi connectivity index (χ0) is 11.2. The largest absolute Gasteiger partial charge is 0.399 e. The molecule has 0 spiro atoms. The van der Waals surface area contributed by atoms with Gasteiger partial charge in [0.15, 0.2) is 0 Å². The standard InChI is InChI=1S/C12H19N3S/c13-11-2-1-3-12(10-11)14-4-5-15-6-8-16-9-7-15/h1-3,10,14H,4-9,13H2. The molecule has 1 aliphatic heterocycles. The summed E-state index contributed by atoms with van der Waals surface area (Å²) in [6.45, 7) is 4.57. The van der Waals surface area contributed by atoms with Crippen LogP contribution in [0.1, 0.15) is 0 Å². The summed E-state index contributed by atoms with van der Waals surface area (Å²) in [5, 5.41) is 3.40. The number of rotatable bonds is 4. The van der Waals surface area contributed by atoms with Crippen LogP contribution in [0.3, 0.4) is 0 Å². The molecule has 0 bridgehead atoms. The Morgan fingerprint density at radius 3 is 2.88 bits per heavy atom. The summed E-state index contributed by atoms with van der Waals surface area (Å²) in [5.41, 5.74) is 7.66. The SMILES string of the molecule is Nc1cccc(NCCN2CCSCC2)c1. The number of nitrogens with two attached hydrogens (primary N) is 1. The van der Waals surface area contributed by atoms with Gasteiger partial charge in [-0.1, -0.05) is 6.07 Å². The summed E-state index contributed by atoms with van der Waals surface area (Å²) in [7, 11) is 0. The number of nitrogens with zero attached hydrogens (tertiary/aromatic N) is 1. The number of nitrogen functional groups attached to an aromatic ring is 1. The summed E-state index contributed by atoms with van der Waals surface area (Å²) >= 11 is 2.05. The Bertz CT molecular complexity index is 324. The van der Waals surface area contributed by atoms with Crippen molar-refractivity contribution in [2.45, 2.75) is 0 Å². The van der Waals surface area contributed by atoms with Crippen LogP contribution in [0.25, 0.3) is 0 Å². The highest BCUT2D eigenvalue weighted by Gasteiger charge is 2.08. The predicted octanol–water partition coefficient (Wildman–Crippen LogP) is 1.73. The van der Waals surface area contributed by atoms with Gasteiger partial charge in [0.2, 0.25) is 0 Å². The van der Waals surface area contributed by atoms with Crippen molar-refractivity contribution in [3.63, 3.8) is 0 Å². The van der Waals surface area contributed by atoms with Gasteiger partial charge >= 0.3 is 0 Å². The molecule has 0 radical (unpaired) electrons. The lowest BCUT2D eigenvalue weighted by Gasteiger charge is -2.26. The lowest BCUT2D eigenvalue weighted by Crippen LogP contribution is -2.36. The van der Waals surface area contributed by atoms with E-state index in [-0.39, 0.29) is 0 Å². The molecule has 1 saturated heterocycles. The highest BCUT2D eigenvalue weighted by Crippen LogP contribution is 2.12. The highest BCUT2D eigenvalue weighted by molar-refractivity contribution is 7.99. The van der Waals surface area contributed by atoms with Crippen LogP contribution in [0.2, 0.25) is 0 Å². The zero-order valence-electron chi connectivity index (χ0n) is 9.48. The van der Waals surface area contributed by atoms with Crippen LogP contribution in [-0.2, 0) is 0 Å². The maximum absolute atomic E-state index is 5.72. The van der Waals surface area contributed by atoms with Gasteiger partial charge in [0.1, 0.15) is 0 Å². The Morgan fingerprint density at radius 2 is 2.12 bits per heavy atom. The Balaban J connectivity index is 1.71. The van der Waals surface area contributed by atoms with Crippen LogP contribution in [0.5, 0.6) is 0 Å². The molecule has 1 heterocycles. The number of benzene rings is 1. The van der Waals surface area contributed by atoms with E-state index in [0.717, 1.165) is 24.5 Å². The van der Waals surface area contributed by atoms with E-state index in [1.165, 1.54) is 24.6 Å². The van der Waals surface area contributed by atoms with Crippen molar-refractivity contribution in [3.8, 4) is 0 Å². The van der Waals surface area contributed by atoms with E-state index < -0.39 is 0 Å². The Labute approximate surface area is 101 Å². The lowest BCUT2D eigenvalue weighted by atomic mass is 10.3. The molecule has 0 aromatic heterocycles. The Kier molecular flexibility index (Phi) is 4.36. The zero-order valence-corrected chi connectivity index (χ0v) is 10.3. The first-order chi connectivity index (χ1) is 7.84. The van der Waals surface area contributed by atoms with E-state index in [1.54, 1.807) is 0 Å². The summed E-state index contributed by atoms with van der Waals surface area (Å²) in [5.74, 6) is 2.55. The predicted molar refractivity (Wildman–Crippen MR) is 73.1 cm³/mol. The number of hydrogen-bond donors (Lipinski definition) is 2. The molecule has 16 heavy (non-hydrogen) atoms. The van der Waals surface area contributed by atoms with Gasteiger partial charge in [-0.05, 0) is 18.2 Å². The molecule has 1 fully saturated rings. The summed E-state index contributed by atoms with van der Waals surface area (Å²) in [4.78, 5) is 2.51. The van der Waals surface area contributed by atoms with Crippen LogP contribution in [0.15, 0.2) is 24.3 Å². The van der Waals surface area contributed by atoms with Crippen molar-refractivity contribution in [2.75, 3.05) is 48.7 Å². The summed E-state index contributed by atoms with van der Waals surface area (Å²) in [6, 6.07) is 7.93. The second-order valence-corrected chi connectivity index (χ2v) is 5.23. The minimum Gasteiger partial charge on any atom is -0.399 e. The second kappa shape index (κ2) is 6.01. The van der Waals surface area contributed by atoms with E-state index in [2.05, 4.69) is 28.0 Å². The van der Waals surface area contributed by atoms with E-state index in [0.29, 0.717) is 0 Å². The molecule has 1 aromatic carbocycles. The molecule has 1 aromatic rings. The molecule has 0 aliphatic carbocycles. The Morgan fingerprint density at radius 1 is 1.31 bits per heavy atom. The summed E-state index contributed by atoms with van der Waals surface area (Å²) in [6.07, 6.45) is 0. The molecule has 88 valence electrons. The fourth-order valence-corrected chi connectivity index (χ4v) is 2.81. The third kappa shape index (κ3) is 3.61. The number of anilines is 2.